The van der Waals surface area contributed by atoms with Crippen molar-refractivity contribution in [2.45, 2.75) is 17.7 Å². The Bertz CT molecular complexity index is 1030. The van der Waals surface area contributed by atoms with Crippen LogP contribution in [0.15, 0.2) is 53.4 Å². The molecule has 8 nitrogen and oxygen atoms in total. The van der Waals surface area contributed by atoms with Crippen molar-refractivity contribution in [2.75, 3.05) is 13.1 Å². The largest absolute Gasteiger partial charge is 0.369 e. The first-order valence-corrected chi connectivity index (χ1v) is 10.5. The van der Waals surface area contributed by atoms with Crippen molar-refractivity contribution >= 4 is 21.8 Å². The molecule has 2 aromatic rings. The van der Waals surface area contributed by atoms with Gasteiger partial charge in [-0.1, -0.05) is 12.1 Å². The smallest absolute Gasteiger partial charge is 0.251 e. The second-order valence-corrected chi connectivity index (χ2v) is 8.24. The fourth-order valence-electron chi connectivity index (χ4n) is 2.61. The number of benzene rings is 2. The Kier molecular flexibility index (Phi) is 8.03. The van der Waals surface area contributed by atoms with Crippen LogP contribution in [0.25, 0.3) is 0 Å². The van der Waals surface area contributed by atoms with Crippen LogP contribution in [0.4, 0.5) is 4.39 Å². The molecule has 0 radical (unpaired) electrons. The van der Waals surface area contributed by atoms with Crippen LogP contribution in [0, 0.1) is 23.1 Å². The Morgan fingerprint density at radius 2 is 1.73 bits per heavy atom. The lowest BCUT2D eigenvalue weighted by atomic mass is 9.98. The van der Waals surface area contributed by atoms with Gasteiger partial charge in [-0.2, -0.15) is 5.26 Å². The standard InChI is InChI=1S/C20H21FN4O4S/c21-17-6-2-14(3-7-17)12-16(19(23)26)13-24-20(27)15-4-8-18(9-5-15)30(28,29)25-11-1-10-22/h2-9,16,25H,1,11-13H2,(H2,23,26)(H,24,27). The Morgan fingerprint density at radius 3 is 2.30 bits per heavy atom. The molecule has 0 aliphatic rings. The van der Waals surface area contributed by atoms with Crippen LogP contribution < -0.4 is 15.8 Å². The van der Waals surface area contributed by atoms with Gasteiger partial charge in [0.15, 0.2) is 0 Å². The molecular formula is C20H21FN4O4S. The summed E-state index contributed by atoms with van der Waals surface area (Å²) in [5.74, 6) is -2.19. The number of amides is 2. The summed E-state index contributed by atoms with van der Waals surface area (Å²) in [7, 11) is -3.77. The fourth-order valence-corrected chi connectivity index (χ4v) is 3.64. The van der Waals surface area contributed by atoms with Gasteiger partial charge in [0.05, 0.1) is 16.9 Å². The number of nitrogens with two attached hydrogens (primary N) is 1. The van der Waals surface area contributed by atoms with E-state index in [1.54, 1.807) is 0 Å². The average Bonchev–Trinajstić information content (AvgIpc) is 2.72. The van der Waals surface area contributed by atoms with Gasteiger partial charge >= 0.3 is 0 Å². The highest BCUT2D eigenvalue weighted by molar-refractivity contribution is 7.89. The maximum atomic E-state index is 13.0. The van der Waals surface area contributed by atoms with Gasteiger partial charge in [0.2, 0.25) is 15.9 Å². The molecule has 1 atom stereocenters. The summed E-state index contributed by atoms with van der Waals surface area (Å²) in [5.41, 5.74) is 6.31. The number of carbonyl (C=O) groups excluding carboxylic acids is 2. The van der Waals surface area contributed by atoms with Gasteiger partial charge in [0, 0.05) is 25.1 Å². The van der Waals surface area contributed by atoms with Crippen molar-refractivity contribution in [3.63, 3.8) is 0 Å². The minimum atomic E-state index is -3.77. The van der Waals surface area contributed by atoms with Gasteiger partial charge in [-0.15, -0.1) is 0 Å². The monoisotopic (exact) mass is 432 g/mol. The van der Waals surface area contributed by atoms with E-state index in [1.807, 2.05) is 6.07 Å². The molecule has 0 fully saturated rings. The number of sulfonamides is 1. The number of nitrogens with zero attached hydrogens (tertiary/aromatic N) is 1. The third-order valence-electron chi connectivity index (χ3n) is 4.26. The predicted octanol–water partition coefficient (Wildman–Crippen LogP) is 1.09. The quantitative estimate of drug-likeness (QED) is 0.482. The lowest BCUT2D eigenvalue weighted by Gasteiger charge is -2.15. The lowest BCUT2D eigenvalue weighted by Crippen LogP contribution is -2.37. The second kappa shape index (κ2) is 10.5. The second-order valence-electron chi connectivity index (χ2n) is 6.47. The Balaban J connectivity index is 1.98. The molecule has 2 rings (SSSR count). The summed E-state index contributed by atoms with van der Waals surface area (Å²) in [6.45, 7) is -0.0368. The number of nitriles is 1. The van der Waals surface area contributed by atoms with Crippen molar-refractivity contribution < 1.29 is 22.4 Å². The summed E-state index contributed by atoms with van der Waals surface area (Å²) in [6, 6.07) is 12.7. The van der Waals surface area contributed by atoms with Gasteiger partial charge in [-0.25, -0.2) is 17.5 Å². The first-order valence-electron chi connectivity index (χ1n) is 9.01. The molecule has 158 valence electrons. The molecule has 0 aliphatic carbocycles. The fraction of sp³-hybridized carbons (Fsp3) is 0.250. The number of halogens is 1. The van der Waals surface area contributed by atoms with E-state index in [9.17, 15) is 22.4 Å². The summed E-state index contributed by atoms with van der Waals surface area (Å²) < 4.78 is 39.4. The number of hydrogen-bond acceptors (Lipinski definition) is 5. The zero-order valence-corrected chi connectivity index (χ0v) is 16.8. The average molecular weight is 432 g/mol. The molecule has 2 aromatic carbocycles. The topological polar surface area (TPSA) is 142 Å². The van der Waals surface area contributed by atoms with Crippen molar-refractivity contribution in [1.29, 1.82) is 5.26 Å². The van der Waals surface area contributed by atoms with E-state index in [-0.39, 0.29) is 36.4 Å². The van der Waals surface area contributed by atoms with Crippen molar-refractivity contribution in [2.24, 2.45) is 11.7 Å². The van der Waals surface area contributed by atoms with Crippen LogP contribution in [0.5, 0.6) is 0 Å². The summed E-state index contributed by atoms with van der Waals surface area (Å²) in [4.78, 5) is 24.0. The third-order valence-corrected chi connectivity index (χ3v) is 5.74. The Labute approximate surface area is 173 Å². The SMILES string of the molecule is N#CCCNS(=O)(=O)c1ccc(C(=O)NCC(Cc2ccc(F)cc2)C(N)=O)cc1. The van der Waals surface area contributed by atoms with E-state index in [0.29, 0.717) is 5.56 Å². The van der Waals surface area contributed by atoms with E-state index in [0.717, 1.165) is 0 Å². The van der Waals surface area contributed by atoms with Crippen molar-refractivity contribution in [3.8, 4) is 6.07 Å². The number of carbonyl (C=O) groups is 2. The van der Waals surface area contributed by atoms with Crippen LogP contribution in [0.1, 0.15) is 22.3 Å². The van der Waals surface area contributed by atoms with Crippen LogP contribution in [0.3, 0.4) is 0 Å². The summed E-state index contributed by atoms with van der Waals surface area (Å²) in [6.07, 6.45) is 0.278. The minimum absolute atomic E-state index is 0.0103. The molecule has 1 unspecified atom stereocenters. The molecule has 0 heterocycles. The highest BCUT2D eigenvalue weighted by Crippen LogP contribution is 2.12. The number of nitrogens with one attached hydrogen (secondary N) is 2. The van der Waals surface area contributed by atoms with E-state index < -0.39 is 33.6 Å². The maximum absolute atomic E-state index is 13.0. The van der Waals surface area contributed by atoms with Crippen molar-refractivity contribution in [3.05, 3.63) is 65.5 Å². The predicted molar refractivity (Wildman–Crippen MR) is 107 cm³/mol. The molecule has 0 aromatic heterocycles. The highest BCUT2D eigenvalue weighted by atomic mass is 32.2. The van der Waals surface area contributed by atoms with Crippen LogP contribution in [-0.4, -0.2) is 33.3 Å². The molecule has 4 N–H and O–H groups in total. The summed E-state index contributed by atoms with van der Waals surface area (Å²) >= 11 is 0. The van der Waals surface area contributed by atoms with E-state index in [4.69, 9.17) is 11.0 Å². The lowest BCUT2D eigenvalue weighted by molar-refractivity contribution is -0.121. The molecular weight excluding hydrogens is 411 g/mol. The molecule has 0 bridgehead atoms. The first-order chi connectivity index (χ1) is 14.2. The van der Waals surface area contributed by atoms with Crippen LogP contribution in [0.2, 0.25) is 0 Å². The van der Waals surface area contributed by atoms with Gasteiger partial charge in [0.25, 0.3) is 5.91 Å². The highest BCUT2D eigenvalue weighted by Gasteiger charge is 2.19. The zero-order valence-electron chi connectivity index (χ0n) is 16.0. The van der Waals surface area contributed by atoms with Gasteiger partial charge in [0.1, 0.15) is 5.82 Å². The zero-order chi connectivity index (χ0) is 22.1. The normalized spacial score (nSPS) is 12.0. The van der Waals surface area contributed by atoms with Crippen molar-refractivity contribution in [1.82, 2.24) is 10.0 Å². The number of rotatable bonds is 10. The molecule has 0 saturated heterocycles. The Hall–Kier alpha value is -3.29. The molecule has 10 heteroatoms. The molecule has 0 saturated carbocycles. The molecule has 0 spiro atoms. The number of hydrogen-bond donors (Lipinski definition) is 3. The minimum Gasteiger partial charge on any atom is -0.369 e. The molecule has 0 aliphatic heterocycles. The first kappa shape index (κ1) is 23.0. The van der Waals surface area contributed by atoms with Crippen LogP contribution in [-0.2, 0) is 21.2 Å². The van der Waals surface area contributed by atoms with Gasteiger partial charge < -0.3 is 11.1 Å². The third kappa shape index (κ3) is 6.65. The van der Waals surface area contributed by atoms with E-state index in [2.05, 4.69) is 10.0 Å². The Morgan fingerprint density at radius 1 is 1.10 bits per heavy atom. The maximum Gasteiger partial charge on any atom is 0.251 e. The van der Waals surface area contributed by atoms with E-state index in [1.165, 1.54) is 48.5 Å². The molecule has 2 amide bonds. The summed E-state index contributed by atoms with van der Waals surface area (Å²) in [5, 5.41) is 11.1. The van der Waals surface area contributed by atoms with Gasteiger partial charge in [-0.3, -0.25) is 9.59 Å². The van der Waals surface area contributed by atoms with E-state index >= 15 is 0 Å². The van der Waals surface area contributed by atoms with Crippen LogP contribution >= 0.6 is 0 Å². The van der Waals surface area contributed by atoms with Gasteiger partial charge in [-0.05, 0) is 48.4 Å². The molecule has 30 heavy (non-hydrogen) atoms. The number of primary amides is 1.